The van der Waals surface area contributed by atoms with E-state index in [1.807, 2.05) is 0 Å². The molecule has 5 heteroatoms. The van der Waals surface area contributed by atoms with Crippen molar-refractivity contribution in [3.05, 3.63) is 29.8 Å². The molecule has 1 aliphatic rings. The Morgan fingerprint density at radius 2 is 2.00 bits per heavy atom. The summed E-state index contributed by atoms with van der Waals surface area (Å²) in [5, 5.41) is 0. The number of hydrogen-bond acceptors (Lipinski definition) is 3. The Labute approximate surface area is 102 Å². The van der Waals surface area contributed by atoms with Crippen LogP contribution in [0.3, 0.4) is 0 Å². The third kappa shape index (κ3) is 4.02. The molecule has 0 saturated heterocycles. The van der Waals surface area contributed by atoms with E-state index < -0.39 is 10.0 Å². The van der Waals surface area contributed by atoms with E-state index in [4.69, 9.17) is 5.73 Å². The van der Waals surface area contributed by atoms with Crippen molar-refractivity contribution in [3.8, 4) is 0 Å². The predicted molar refractivity (Wildman–Crippen MR) is 68.8 cm³/mol. The zero-order chi connectivity index (χ0) is 12.3. The summed E-state index contributed by atoms with van der Waals surface area (Å²) in [4.78, 5) is 0. The van der Waals surface area contributed by atoms with E-state index in [-0.39, 0.29) is 5.75 Å². The number of nitrogens with two attached hydrogens (primary N) is 1. The number of para-hydroxylation sites is 1. The zero-order valence-corrected chi connectivity index (χ0v) is 10.5. The number of rotatable bonds is 6. The van der Waals surface area contributed by atoms with Crippen molar-refractivity contribution in [3.63, 3.8) is 0 Å². The van der Waals surface area contributed by atoms with Crippen molar-refractivity contribution in [1.29, 1.82) is 0 Å². The number of nitrogens with one attached hydrogen (secondary N) is 1. The molecule has 0 radical (unpaired) electrons. The molecule has 0 aliphatic heterocycles. The van der Waals surface area contributed by atoms with Gasteiger partial charge >= 0.3 is 0 Å². The molecular weight excluding hydrogens is 236 g/mol. The van der Waals surface area contributed by atoms with E-state index in [0.29, 0.717) is 17.8 Å². The van der Waals surface area contributed by atoms with E-state index in [0.717, 1.165) is 12.3 Å². The summed E-state index contributed by atoms with van der Waals surface area (Å²) in [7, 11) is -3.26. The zero-order valence-electron chi connectivity index (χ0n) is 9.72. The fourth-order valence-corrected chi connectivity index (χ4v) is 2.95. The van der Waals surface area contributed by atoms with Gasteiger partial charge in [-0.25, -0.2) is 13.1 Å². The number of anilines is 1. The van der Waals surface area contributed by atoms with Gasteiger partial charge in [0.2, 0.25) is 10.0 Å². The third-order valence-electron chi connectivity index (χ3n) is 2.97. The maximum absolute atomic E-state index is 11.8. The first-order valence-electron chi connectivity index (χ1n) is 5.87. The lowest BCUT2D eigenvalue weighted by molar-refractivity contribution is 0.574. The second-order valence-electron chi connectivity index (χ2n) is 4.58. The minimum atomic E-state index is -3.26. The highest BCUT2D eigenvalue weighted by atomic mass is 32.2. The highest BCUT2D eigenvalue weighted by Gasteiger charge is 2.21. The first kappa shape index (κ1) is 12.4. The summed E-state index contributed by atoms with van der Waals surface area (Å²) in [6.07, 6.45) is 3.43. The highest BCUT2D eigenvalue weighted by Crippen LogP contribution is 2.31. The number of hydrogen-bond donors (Lipinski definition) is 2. The lowest BCUT2D eigenvalue weighted by Crippen LogP contribution is -2.26. The molecule has 0 amide bonds. The largest absolute Gasteiger partial charge is 0.398 e. The Morgan fingerprint density at radius 3 is 2.65 bits per heavy atom. The van der Waals surface area contributed by atoms with Gasteiger partial charge in [0.25, 0.3) is 0 Å². The van der Waals surface area contributed by atoms with Crippen LogP contribution >= 0.6 is 0 Å². The molecule has 0 unspecified atom stereocenters. The molecule has 94 valence electrons. The first-order valence-corrected chi connectivity index (χ1v) is 7.53. The van der Waals surface area contributed by atoms with Gasteiger partial charge in [-0.1, -0.05) is 31.0 Å². The Bertz CT molecular complexity index is 481. The van der Waals surface area contributed by atoms with Crippen LogP contribution in [0.4, 0.5) is 5.69 Å². The van der Waals surface area contributed by atoms with Gasteiger partial charge in [-0.3, -0.25) is 0 Å². The van der Waals surface area contributed by atoms with Crippen molar-refractivity contribution in [2.75, 3.05) is 12.3 Å². The van der Waals surface area contributed by atoms with Crippen LogP contribution < -0.4 is 10.5 Å². The summed E-state index contributed by atoms with van der Waals surface area (Å²) in [5.74, 6) is 0.698. The monoisotopic (exact) mass is 254 g/mol. The lowest BCUT2D eigenvalue weighted by Gasteiger charge is -2.08. The summed E-state index contributed by atoms with van der Waals surface area (Å²) in [6, 6.07) is 7.06. The van der Waals surface area contributed by atoms with Gasteiger partial charge in [-0.2, -0.15) is 0 Å². The molecule has 0 atom stereocenters. The lowest BCUT2D eigenvalue weighted by atomic mass is 10.2. The molecule has 1 fully saturated rings. The van der Waals surface area contributed by atoms with Crippen molar-refractivity contribution < 1.29 is 8.42 Å². The van der Waals surface area contributed by atoms with Crippen molar-refractivity contribution in [1.82, 2.24) is 4.72 Å². The Balaban J connectivity index is 1.89. The quantitative estimate of drug-likeness (QED) is 0.755. The molecule has 1 aliphatic carbocycles. The first-order chi connectivity index (χ1) is 8.07. The van der Waals surface area contributed by atoms with Gasteiger partial charge < -0.3 is 5.73 Å². The Hall–Kier alpha value is -1.07. The van der Waals surface area contributed by atoms with E-state index in [1.54, 1.807) is 24.3 Å². The number of sulfonamides is 1. The molecule has 0 spiro atoms. The van der Waals surface area contributed by atoms with Crippen LogP contribution in [0.1, 0.15) is 24.8 Å². The second kappa shape index (κ2) is 5.06. The number of nitrogen functional groups attached to an aromatic ring is 1. The smallest absolute Gasteiger partial charge is 0.215 e. The summed E-state index contributed by atoms with van der Waals surface area (Å²) >= 11 is 0. The molecule has 3 N–H and O–H groups in total. The van der Waals surface area contributed by atoms with E-state index in [9.17, 15) is 8.42 Å². The Morgan fingerprint density at radius 1 is 1.29 bits per heavy atom. The third-order valence-corrected chi connectivity index (χ3v) is 4.31. The maximum atomic E-state index is 11.8. The van der Waals surface area contributed by atoms with Crippen LogP contribution in [0, 0.1) is 5.92 Å². The SMILES string of the molecule is Nc1ccccc1CS(=O)(=O)NCCC1CC1. The molecule has 0 bridgehead atoms. The highest BCUT2D eigenvalue weighted by molar-refractivity contribution is 7.88. The van der Waals surface area contributed by atoms with E-state index in [1.165, 1.54) is 12.8 Å². The van der Waals surface area contributed by atoms with Gasteiger partial charge in [0.05, 0.1) is 5.75 Å². The minimum Gasteiger partial charge on any atom is -0.398 e. The molecular formula is C12H18N2O2S. The van der Waals surface area contributed by atoms with Gasteiger partial charge in [-0.05, 0) is 24.0 Å². The molecule has 17 heavy (non-hydrogen) atoms. The fraction of sp³-hybridized carbons (Fsp3) is 0.500. The van der Waals surface area contributed by atoms with Crippen LogP contribution in [0.15, 0.2) is 24.3 Å². The van der Waals surface area contributed by atoms with Gasteiger partial charge in [0.1, 0.15) is 0 Å². The molecule has 0 aromatic heterocycles. The Kier molecular flexibility index (Phi) is 3.69. The van der Waals surface area contributed by atoms with Crippen LogP contribution in [-0.4, -0.2) is 15.0 Å². The molecule has 0 heterocycles. The van der Waals surface area contributed by atoms with Gasteiger partial charge in [0.15, 0.2) is 0 Å². The fourth-order valence-electron chi connectivity index (χ4n) is 1.75. The second-order valence-corrected chi connectivity index (χ2v) is 6.39. The van der Waals surface area contributed by atoms with Crippen LogP contribution in [0.25, 0.3) is 0 Å². The molecule has 2 rings (SSSR count). The topological polar surface area (TPSA) is 72.2 Å². The maximum Gasteiger partial charge on any atom is 0.215 e. The number of benzene rings is 1. The normalized spacial score (nSPS) is 16.0. The van der Waals surface area contributed by atoms with E-state index in [2.05, 4.69) is 4.72 Å². The standard InChI is InChI=1S/C12H18N2O2S/c13-12-4-2-1-3-11(12)9-17(15,16)14-8-7-10-5-6-10/h1-4,10,14H,5-9,13H2. The van der Waals surface area contributed by atoms with Crippen LogP contribution in [0.5, 0.6) is 0 Å². The van der Waals surface area contributed by atoms with Crippen molar-refractivity contribution >= 4 is 15.7 Å². The van der Waals surface area contributed by atoms with E-state index >= 15 is 0 Å². The predicted octanol–water partition coefficient (Wildman–Crippen LogP) is 1.49. The van der Waals surface area contributed by atoms with Gasteiger partial charge in [-0.15, -0.1) is 0 Å². The average molecular weight is 254 g/mol. The van der Waals surface area contributed by atoms with Gasteiger partial charge in [0, 0.05) is 12.2 Å². The summed E-state index contributed by atoms with van der Waals surface area (Å²) in [5.41, 5.74) is 6.91. The molecule has 1 aromatic rings. The summed E-state index contributed by atoms with van der Waals surface area (Å²) < 4.78 is 26.2. The average Bonchev–Trinajstić information content (AvgIpc) is 3.05. The molecule has 1 saturated carbocycles. The van der Waals surface area contributed by atoms with Crippen LogP contribution in [0.2, 0.25) is 0 Å². The molecule has 4 nitrogen and oxygen atoms in total. The van der Waals surface area contributed by atoms with Crippen molar-refractivity contribution in [2.45, 2.75) is 25.0 Å². The van der Waals surface area contributed by atoms with Crippen LogP contribution in [-0.2, 0) is 15.8 Å². The minimum absolute atomic E-state index is 0.0374. The summed E-state index contributed by atoms with van der Waals surface area (Å²) in [6.45, 7) is 0.541. The molecule has 1 aromatic carbocycles. The van der Waals surface area contributed by atoms with Crippen molar-refractivity contribution in [2.24, 2.45) is 5.92 Å².